The fraction of sp³-hybridized carbons (Fsp3) is 0.824. The SMILES string of the molecule is CC(C)NC(=O)N1CCC[C@H]1C(=O)N1CCC2(CC1)CC2C(=O)O. The van der Waals surface area contributed by atoms with Crippen molar-refractivity contribution in [2.75, 3.05) is 19.6 Å². The molecule has 2 aliphatic heterocycles. The van der Waals surface area contributed by atoms with Crippen molar-refractivity contribution in [3.8, 4) is 0 Å². The molecule has 0 aromatic carbocycles. The summed E-state index contributed by atoms with van der Waals surface area (Å²) in [5, 5.41) is 12.0. The van der Waals surface area contributed by atoms with Gasteiger partial charge >= 0.3 is 12.0 Å². The summed E-state index contributed by atoms with van der Waals surface area (Å²) < 4.78 is 0. The van der Waals surface area contributed by atoms with Crippen molar-refractivity contribution in [1.29, 1.82) is 0 Å². The van der Waals surface area contributed by atoms with Crippen LogP contribution in [0.2, 0.25) is 0 Å². The predicted octanol–water partition coefficient (Wildman–Crippen LogP) is 1.28. The number of nitrogens with one attached hydrogen (secondary N) is 1. The third kappa shape index (κ3) is 3.08. The first-order valence-corrected chi connectivity index (χ1v) is 8.93. The number of rotatable bonds is 3. The van der Waals surface area contributed by atoms with Crippen molar-refractivity contribution in [2.24, 2.45) is 11.3 Å². The van der Waals surface area contributed by atoms with Crippen LogP contribution in [0.25, 0.3) is 0 Å². The summed E-state index contributed by atoms with van der Waals surface area (Å²) in [4.78, 5) is 39.7. The number of hydrogen-bond donors (Lipinski definition) is 2. The maximum Gasteiger partial charge on any atom is 0.318 e. The molecule has 1 aliphatic carbocycles. The zero-order chi connectivity index (χ0) is 17.5. The van der Waals surface area contributed by atoms with E-state index >= 15 is 0 Å². The average Bonchev–Trinajstić information content (AvgIpc) is 3.01. The molecule has 3 aliphatic rings. The first kappa shape index (κ1) is 17.0. The van der Waals surface area contributed by atoms with Crippen LogP contribution in [0.5, 0.6) is 0 Å². The Morgan fingerprint density at radius 1 is 1.17 bits per heavy atom. The normalized spacial score (nSPS) is 28.3. The van der Waals surface area contributed by atoms with Gasteiger partial charge in [-0.15, -0.1) is 0 Å². The van der Waals surface area contributed by atoms with Crippen molar-refractivity contribution in [3.05, 3.63) is 0 Å². The number of nitrogens with zero attached hydrogens (tertiary/aromatic N) is 2. The van der Waals surface area contributed by atoms with E-state index < -0.39 is 5.97 Å². The number of carboxylic acid groups (broad SMARTS) is 1. The van der Waals surface area contributed by atoms with E-state index in [2.05, 4.69) is 5.32 Å². The predicted molar refractivity (Wildman–Crippen MR) is 87.4 cm³/mol. The van der Waals surface area contributed by atoms with Crippen molar-refractivity contribution in [3.63, 3.8) is 0 Å². The first-order chi connectivity index (χ1) is 11.3. The van der Waals surface area contributed by atoms with Gasteiger partial charge in [-0.2, -0.15) is 0 Å². The fourth-order valence-corrected chi connectivity index (χ4v) is 4.23. The second kappa shape index (κ2) is 6.26. The molecule has 3 rings (SSSR count). The van der Waals surface area contributed by atoms with Gasteiger partial charge in [-0.1, -0.05) is 0 Å². The Morgan fingerprint density at radius 3 is 2.38 bits per heavy atom. The first-order valence-electron chi connectivity index (χ1n) is 8.93. The average molecular weight is 337 g/mol. The van der Waals surface area contributed by atoms with E-state index in [9.17, 15) is 14.4 Å². The molecule has 7 heteroatoms. The second-order valence-electron chi connectivity index (χ2n) is 7.74. The van der Waals surface area contributed by atoms with Crippen LogP contribution in [0, 0.1) is 11.3 Å². The lowest BCUT2D eigenvalue weighted by molar-refractivity contribution is -0.140. The highest BCUT2D eigenvalue weighted by molar-refractivity contribution is 5.88. The quantitative estimate of drug-likeness (QED) is 0.812. The number of hydrogen-bond acceptors (Lipinski definition) is 3. The lowest BCUT2D eigenvalue weighted by atomic mass is 9.90. The zero-order valence-electron chi connectivity index (χ0n) is 14.5. The van der Waals surface area contributed by atoms with E-state index in [4.69, 9.17) is 5.11 Å². The Bertz CT molecular complexity index is 540. The van der Waals surface area contributed by atoms with Crippen molar-refractivity contribution in [1.82, 2.24) is 15.1 Å². The Labute approximate surface area is 142 Å². The van der Waals surface area contributed by atoms with E-state index in [0.717, 1.165) is 25.7 Å². The highest BCUT2D eigenvalue weighted by Crippen LogP contribution is 2.59. The Balaban J connectivity index is 1.57. The molecule has 1 unspecified atom stereocenters. The zero-order valence-corrected chi connectivity index (χ0v) is 14.5. The van der Waals surface area contributed by atoms with E-state index in [1.54, 1.807) is 4.90 Å². The lowest BCUT2D eigenvalue weighted by Crippen LogP contribution is -2.53. The summed E-state index contributed by atoms with van der Waals surface area (Å²) in [7, 11) is 0. The van der Waals surface area contributed by atoms with Crippen LogP contribution < -0.4 is 5.32 Å². The van der Waals surface area contributed by atoms with Gasteiger partial charge in [-0.3, -0.25) is 9.59 Å². The minimum absolute atomic E-state index is 0.0220. The molecule has 2 N–H and O–H groups in total. The van der Waals surface area contributed by atoms with Gasteiger partial charge in [0, 0.05) is 25.7 Å². The molecule has 134 valence electrons. The Kier molecular flexibility index (Phi) is 4.44. The summed E-state index contributed by atoms with van der Waals surface area (Å²) in [6, 6.07) is -0.485. The molecule has 1 spiro atoms. The van der Waals surface area contributed by atoms with E-state index in [1.807, 2.05) is 18.7 Å². The molecule has 2 heterocycles. The molecule has 24 heavy (non-hydrogen) atoms. The monoisotopic (exact) mass is 337 g/mol. The number of carbonyl (C=O) groups excluding carboxylic acids is 2. The van der Waals surface area contributed by atoms with Crippen LogP contribution in [-0.4, -0.2) is 64.5 Å². The van der Waals surface area contributed by atoms with E-state index in [1.165, 1.54) is 0 Å². The molecule has 0 radical (unpaired) electrons. The highest BCUT2D eigenvalue weighted by Gasteiger charge is 2.59. The molecule has 3 fully saturated rings. The maximum absolute atomic E-state index is 12.8. The number of piperidine rings is 1. The fourth-order valence-electron chi connectivity index (χ4n) is 4.23. The third-order valence-electron chi connectivity index (χ3n) is 5.77. The Hall–Kier alpha value is -1.79. The summed E-state index contributed by atoms with van der Waals surface area (Å²) >= 11 is 0. The molecular weight excluding hydrogens is 310 g/mol. The number of aliphatic carboxylic acids is 1. The van der Waals surface area contributed by atoms with Crippen LogP contribution in [0.3, 0.4) is 0 Å². The summed E-state index contributed by atoms with van der Waals surface area (Å²) in [6.07, 6.45) is 3.84. The minimum atomic E-state index is -0.706. The second-order valence-corrected chi connectivity index (χ2v) is 7.74. The van der Waals surface area contributed by atoms with Gasteiger partial charge in [0.1, 0.15) is 6.04 Å². The van der Waals surface area contributed by atoms with Crippen molar-refractivity contribution >= 4 is 17.9 Å². The standard InChI is InChI=1S/C17H27N3O4/c1-11(2)18-16(24)20-7-3-4-13(20)14(21)19-8-5-17(6-9-19)10-12(17)15(22)23/h11-13H,3-10H2,1-2H3,(H,18,24)(H,22,23)/t12?,13-/m0/s1. The minimum Gasteiger partial charge on any atom is -0.481 e. The molecule has 2 saturated heterocycles. The number of carbonyl (C=O) groups is 3. The molecule has 0 aromatic rings. The van der Waals surface area contributed by atoms with Gasteiger partial charge in [0.2, 0.25) is 5.91 Å². The van der Waals surface area contributed by atoms with Gasteiger partial charge in [-0.05, 0) is 51.4 Å². The number of carboxylic acids is 1. The molecule has 1 saturated carbocycles. The highest BCUT2D eigenvalue weighted by atomic mass is 16.4. The molecule has 0 aromatic heterocycles. The van der Waals surface area contributed by atoms with Crippen molar-refractivity contribution in [2.45, 2.75) is 58.0 Å². The molecule has 0 bridgehead atoms. The number of likely N-dealkylation sites (tertiary alicyclic amines) is 2. The smallest absolute Gasteiger partial charge is 0.318 e. The van der Waals surface area contributed by atoms with Gasteiger partial charge in [0.15, 0.2) is 0 Å². The van der Waals surface area contributed by atoms with Crippen LogP contribution in [0.15, 0.2) is 0 Å². The molecule has 3 amide bonds. The summed E-state index contributed by atoms with van der Waals surface area (Å²) in [6.45, 7) is 5.65. The Morgan fingerprint density at radius 2 is 1.83 bits per heavy atom. The van der Waals surface area contributed by atoms with Crippen LogP contribution >= 0.6 is 0 Å². The largest absolute Gasteiger partial charge is 0.481 e. The van der Waals surface area contributed by atoms with Gasteiger partial charge in [0.05, 0.1) is 5.92 Å². The van der Waals surface area contributed by atoms with Gasteiger partial charge < -0.3 is 20.2 Å². The number of amides is 3. The summed E-state index contributed by atoms with van der Waals surface area (Å²) in [5.74, 6) is -0.912. The molecule has 7 nitrogen and oxygen atoms in total. The summed E-state index contributed by atoms with van der Waals surface area (Å²) in [5.41, 5.74) is -0.0764. The topological polar surface area (TPSA) is 90.0 Å². The van der Waals surface area contributed by atoms with Crippen LogP contribution in [0.1, 0.15) is 46.0 Å². The van der Waals surface area contributed by atoms with Crippen LogP contribution in [0.4, 0.5) is 4.79 Å². The van der Waals surface area contributed by atoms with E-state index in [-0.39, 0.29) is 35.4 Å². The van der Waals surface area contributed by atoms with Gasteiger partial charge in [-0.25, -0.2) is 4.79 Å². The van der Waals surface area contributed by atoms with Crippen molar-refractivity contribution < 1.29 is 19.5 Å². The van der Waals surface area contributed by atoms with E-state index in [0.29, 0.717) is 26.1 Å². The number of urea groups is 1. The maximum atomic E-state index is 12.8. The lowest BCUT2D eigenvalue weighted by Gasteiger charge is -2.36. The molecule has 2 atom stereocenters. The molecular formula is C17H27N3O4. The van der Waals surface area contributed by atoms with Gasteiger partial charge in [0.25, 0.3) is 0 Å². The van der Waals surface area contributed by atoms with Crippen LogP contribution in [-0.2, 0) is 9.59 Å². The third-order valence-corrected chi connectivity index (χ3v) is 5.77.